The van der Waals surface area contributed by atoms with Crippen molar-refractivity contribution in [3.63, 3.8) is 0 Å². The van der Waals surface area contributed by atoms with E-state index in [0.29, 0.717) is 26.9 Å². The van der Waals surface area contributed by atoms with Crippen molar-refractivity contribution in [3.05, 3.63) is 61.9 Å². The van der Waals surface area contributed by atoms with Crippen LogP contribution in [-0.4, -0.2) is 25.7 Å². The first kappa shape index (κ1) is 17.9. The van der Waals surface area contributed by atoms with Gasteiger partial charge in [0.2, 0.25) is 5.91 Å². The molecule has 0 spiro atoms. The fourth-order valence-corrected chi connectivity index (χ4v) is 4.56. The van der Waals surface area contributed by atoms with Crippen molar-refractivity contribution in [2.45, 2.75) is 6.54 Å². The number of thiophene rings is 1. The van der Waals surface area contributed by atoms with Crippen LogP contribution in [0.5, 0.6) is 0 Å². The number of aromatic nitrogens is 4. The van der Waals surface area contributed by atoms with Crippen LogP contribution < -0.4 is 10.9 Å². The summed E-state index contributed by atoms with van der Waals surface area (Å²) in [6, 6.07) is 8.77. The smallest absolute Gasteiger partial charge is 0.251 e. The van der Waals surface area contributed by atoms with Gasteiger partial charge in [0.05, 0.1) is 16.1 Å². The second-order valence-electron chi connectivity index (χ2n) is 5.61. The van der Waals surface area contributed by atoms with E-state index in [1.165, 1.54) is 28.3 Å². The van der Waals surface area contributed by atoms with Crippen molar-refractivity contribution in [1.29, 1.82) is 0 Å². The van der Waals surface area contributed by atoms with Crippen LogP contribution in [0.3, 0.4) is 0 Å². The Morgan fingerprint density at radius 1 is 1.33 bits per heavy atom. The molecule has 0 bridgehead atoms. The first-order chi connectivity index (χ1) is 13.0. The fraction of sp³-hybridized carbons (Fsp3) is 0.0588. The lowest BCUT2D eigenvalue weighted by molar-refractivity contribution is -0.116. The van der Waals surface area contributed by atoms with Gasteiger partial charge in [-0.25, -0.2) is 4.98 Å². The monoisotopic (exact) mass is 463 g/mol. The van der Waals surface area contributed by atoms with E-state index in [9.17, 15) is 9.59 Å². The van der Waals surface area contributed by atoms with E-state index in [1.807, 2.05) is 18.2 Å². The highest BCUT2D eigenvalue weighted by Gasteiger charge is 2.18. The van der Waals surface area contributed by atoms with Crippen LogP contribution in [0.1, 0.15) is 0 Å². The molecule has 10 heteroatoms. The summed E-state index contributed by atoms with van der Waals surface area (Å²) in [5.41, 5.74) is 0.975. The lowest BCUT2D eigenvalue weighted by atomic mass is 10.2. The average Bonchev–Trinajstić information content (AvgIpc) is 3.27. The first-order valence-electron chi connectivity index (χ1n) is 7.75. The van der Waals surface area contributed by atoms with Gasteiger partial charge in [-0.15, -0.1) is 11.3 Å². The number of H-pyrrole nitrogens is 1. The van der Waals surface area contributed by atoms with Crippen LogP contribution in [0.4, 0.5) is 5.00 Å². The maximum Gasteiger partial charge on any atom is 0.251 e. The molecule has 0 aliphatic carbocycles. The summed E-state index contributed by atoms with van der Waals surface area (Å²) in [6.07, 6.45) is 1.36. The Morgan fingerprint density at radius 2 is 2.19 bits per heavy atom. The van der Waals surface area contributed by atoms with Crippen LogP contribution in [0.15, 0.2) is 51.3 Å². The molecule has 27 heavy (non-hydrogen) atoms. The van der Waals surface area contributed by atoms with E-state index in [-0.39, 0.29) is 18.0 Å². The SMILES string of the molecule is O=C(Cn1c(=O)ccc2cccc(Br)c21)Nc1scc(Cl)c1-c1ncn[nH]1. The molecule has 0 unspecified atom stereocenters. The molecule has 136 valence electrons. The van der Waals surface area contributed by atoms with Crippen LogP contribution in [0, 0.1) is 0 Å². The van der Waals surface area contributed by atoms with Gasteiger partial charge in [-0.1, -0.05) is 23.7 Å². The Morgan fingerprint density at radius 3 is 2.96 bits per heavy atom. The molecule has 0 aliphatic rings. The number of nitrogens with one attached hydrogen (secondary N) is 2. The molecule has 1 amide bonds. The molecule has 0 fully saturated rings. The number of para-hydroxylation sites is 1. The lowest BCUT2D eigenvalue weighted by Gasteiger charge is -2.12. The van der Waals surface area contributed by atoms with Crippen LogP contribution in [0.2, 0.25) is 5.02 Å². The molecule has 0 saturated carbocycles. The second-order valence-corrected chi connectivity index (χ2v) is 7.75. The number of hydrogen-bond donors (Lipinski definition) is 2. The van der Waals surface area contributed by atoms with Crippen molar-refractivity contribution in [3.8, 4) is 11.4 Å². The number of aromatic amines is 1. The number of amides is 1. The normalized spacial score (nSPS) is 11.0. The third-order valence-electron chi connectivity index (χ3n) is 3.91. The molecule has 0 radical (unpaired) electrons. The Bertz CT molecular complexity index is 1200. The minimum Gasteiger partial charge on any atom is -0.315 e. The zero-order chi connectivity index (χ0) is 19.0. The molecule has 0 aliphatic heterocycles. The topological polar surface area (TPSA) is 92.7 Å². The first-order valence-corrected chi connectivity index (χ1v) is 9.80. The molecule has 3 aromatic heterocycles. The Kier molecular flexibility index (Phi) is 4.81. The van der Waals surface area contributed by atoms with Gasteiger partial charge in [0.1, 0.15) is 17.9 Å². The van der Waals surface area contributed by atoms with E-state index >= 15 is 0 Å². The van der Waals surface area contributed by atoms with Crippen molar-refractivity contribution in [2.75, 3.05) is 5.32 Å². The molecule has 4 aromatic rings. The number of anilines is 1. The number of pyridine rings is 1. The number of nitrogens with zero attached hydrogens (tertiary/aromatic N) is 3. The highest BCUT2D eigenvalue weighted by Crippen LogP contribution is 2.38. The Balaban J connectivity index is 1.67. The predicted octanol–water partition coefficient (Wildman–Crippen LogP) is 3.90. The molecule has 3 heterocycles. The average molecular weight is 465 g/mol. The second kappa shape index (κ2) is 7.26. The van der Waals surface area contributed by atoms with Crippen molar-refractivity contribution < 1.29 is 4.79 Å². The van der Waals surface area contributed by atoms with Gasteiger partial charge in [0.15, 0.2) is 5.82 Å². The van der Waals surface area contributed by atoms with E-state index in [4.69, 9.17) is 11.6 Å². The van der Waals surface area contributed by atoms with Crippen molar-refractivity contribution >= 4 is 60.7 Å². The van der Waals surface area contributed by atoms with Gasteiger partial charge < -0.3 is 5.32 Å². The number of rotatable bonds is 4. The summed E-state index contributed by atoms with van der Waals surface area (Å²) in [7, 11) is 0. The van der Waals surface area contributed by atoms with Gasteiger partial charge in [0.25, 0.3) is 5.56 Å². The third kappa shape index (κ3) is 3.41. The van der Waals surface area contributed by atoms with E-state index in [2.05, 4.69) is 36.4 Å². The fourth-order valence-electron chi connectivity index (χ4n) is 2.75. The molecule has 0 saturated heterocycles. The molecule has 7 nitrogen and oxygen atoms in total. The van der Waals surface area contributed by atoms with E-state index in [1.54, 1.807) is 11.4 Å². The summed E-state index contributed by atoms with van der Waals surface area (Å²) in [5.74, 6) is 0.112. The van der Waals surface area contributed by atoms with Crippen LogP contribution in [0.25, 0.3) is 22.3 Å². The summed E-state index contributed by atoms with van der Waals surface area (Å²) in [5, 5.41) is 12.9. The number of halogens is 2. The Labute approximate surface area is 170 Å². The number of fused-ring (bicyclic) bond motifs is 1. The number of carbonyl (C=O) groups is 1. The Hall–Kier alpha value is -2.49. The van der Waals surface area contributed by atoms with Crippen LogP contribution >= 0.6 is 38.9 Å². The predicted molar refractivity (Wildman–Crippen MR) is 109 cm³/mol. The summed E-state index contributed by atoms with van der Waals surface area (Å²) in [6.45, 7) is -0.135. The van der Waals surface area contributed by atoms with Gasteiger partial charge >= 0.3 is 0 Å². The minimum absolute atomic E-state index is 0.135. The van der Waals surface area contributed by atoms with E-state index < -0.39 is 0 Å². The highest BCUT2D eigenvalue weighted by atomic mass is 79.9. The highest BCUT2D eigenvalue weighted by molar-refractivity contribution is 9.10. The summed E-state index contributed by atoms with van der Waals surface area (Å²) < 4.78 is 2.17. The molecule has 4 rings (SSSR count). The standard InChI is InChI=1S/C17H11BrClN5O2S/c18-10-3-1-2-9-4-5-13(26)24(15(9)10)6-12(25)22-17-14(11(19)7-27-17)16-20-8-21-23-16/h1-5,7-8H,6H2,(H,22,25)(H,20,21,23). The maximum atomic E-state index is 12.7. The minimum atomic E-state index is -0.348. The van der Waals surface area contributed by atoms with Gasteiger partial charge in [-0.3, -0.25) is 19.3 Å². The largest absolute Gasteiger partial charge is 0.315 e. The molecule has 2 N–H and O–H groups in total. The van der Waals surface area contributed by atoms with Crippen molar-refractivity contribution in [1.82, 2.24) is 19.7 Å². The number of benzene rings is 1. The third-order valence-corrected chi connectivity index (χ3v) is 5.87. The lowest BCUT2D eigenvalue weighted by Crippen LogP contribution is -2.27. The molecular formula is C17H11BrClN5O2S. The zero-order valence-electron chi connectivity index (χ0n) is 13.6. The maximum absolute atomic E-state index is 12.7. The van der Waals surface area contributed by atoms with Gasteiger partial charge in [-0.2, -0.15) is 5.10 Å². The van der Waals surface area contributed by atoms with Gasteiger partial charge in [0, 0.05) is 15.9 Å². The number of hydrogen-bond acceptors (Lipinski definition) is 5. The quantitative estimate of drug-likeness (QED) is 0.479. The van der Waals surface area contributed by atoms with Crippen molar-refractivity contribution in [2.24, 2.45) is 0 Å². The molecule has 1 aromatic carbocycles. The zero-order valence-corrected chi connectivity index (χ0v) is 16.7. The van der Waals surface area contributed by atoms with Gasteiger partial charge in [-0.05, 0) is 33.4 Å². The molecule has 0 atom stereocenters. The molecular weight excluding hydrogens is 454 g/mol. The summed E-state index contributed by atoms with van der Waals surface area (Å²) >= 11 is 10.9. The summed E-state index contributed by atoms with van der Waals surface area (Å²) in [4.78, 5) is 29.1. The number of carbonyl (C=O) groups excluding carboxylic acids is 1. The van der Waals surface area contributed by atoms with E-state index in [0.717, 1.165) is 9.86 Å². The van der Waals surface area contributed by atoms with Crippen LogP contribution in [-0.2, 0) is 11.3 Å².